The van der Waals surface area contributed by atoms with Gasteiger partial charge in [-0.1, -0.05) is 54.2 Å². The molecule has 0 bridgehead atoms. The maximum atomic E-state index is 12.2. The lowest BCUT2D eigenvalue weighted by atomic mass is 10.1. The molecule has 1 aromatic heterocycles. The summed E-state index contributed by atoms with van der Waals surface area (Å²) in [5, 5.41) is 3.13. The second kappa shape index (κ2) is 8.53. The number of carbonyl (C=O) groups is 2. The van der Waals surface area contributed by atoms with E-state index in [9.17, 15) is 9.59 Å². The first-order valence-electron chi connectivity index (χ1n) is 8.05. The molecule has 0 radical (unpaired) electrons. The van der Waals surface area contributed by atoms with Gasteiger partial charge in [-0.25, -0.2) is 9.78 Å². The molecule has 1 heterocycles. The van der Waals surface area contributed by atoms with E-state index in [2.05, 4.69) is 10.3 Å². The predicted molar refractivity (Wildman–Crippen MR) is 98.8 cm³/mol. The predicted octanol–water partition coefficient (Wildman–Crippen LogP) is 2.82. The summed E-state index contributed by atoms with van der Waals surface area (Å²) in [6, 6.07) is 16.1. The van der Waals surface area contributed by atoms with Crippen LogP contribution in [-0.2, 0) is 20.7 Å². The van der Waals surface area contributed by atoms with Gasteiger partial charge in [-0.3, -0.25) is 4.79 Å². The number of hydrogen-bond acceptors (Lipinski definition) is 6. The van der Waals surface area contributed by atoms with E-state index in [0.29, 0.717) is 17.2 Å². The van der Waals surface area contributed by atoms with Crippen LogP contribution in [0.5, 0.6) is 0 Å². The summed E-state index contributed by atoms with van der Waals surface area (Å²) in [7, 11) is 1.31. The third-order valence-electron chi connectivity index (χ3n) is 3.70. The summed E-state index contributed by atoms with van der Waals surface area (Å²) in [4.78, 5) is 28.5. The van der Waals surface area contributed by atoms with Crippen LogP contribution in [0.15, 0.2) is 64.2 Å². The number of ether oxygens (including phenoxy) is 1. The number of rotatable bonds is 7. The summed E-state index contributed by atoms with van der Waals surface area (Å²) in [5.41, 5.74) is 2.36. The Bertz CT molecular complexity index is 862. The molecule has 0 fully saturated rings. The minimum atomic E-state index is -0.737. The molecule has 3 aromatic rings. The fourth-order valence-electron chi connectivity index (χ4n) is 2.46. The first kappa shape index (κ1) is 18.0. The van der Waals surface area contributed by atoms with Crippen molar-refractivity contribution in [1.29, 1.82) is 0 Å². The smallest absolute Gasteiger partial charge is 0.328 e. The largest absolute Gasteiger partial charge is 0.467 e. The Morgan fingerprint density at radius 2 is 1.88 bits per heavy atom. The average Bonchev–Trinajstić information content (AvgIpc) is 3.09. The molecule has 0 saturated carbocycles. The van der Waals surface area contributed by atoms with Gasteiger partial charge < -0.3 is 14.5 Å². The van der Waals surface area contributed by atoms with Crippen molar-refractivity contribution in [3.05, 3.63) is 60.2 Å². The van der Waals surface area contributed by atoms with E-state index in [1.807, 2.05) is 54.6 Å². The van der Waals surface area contributed by atoms with Crippen LogP contribution in [0.1, 0.15) is 5.56 Å². The number of nitrogens with one attached hydrogen (secondary N) is 1. The summed E-state index contributed by atoms with van der Waals surface area (Å²) in [5.74, 6) is -0.674. The monoisotopic (exact) mass is 370 g/mol. The van der Waals surface area contributed by atoms with Crippen molar-refractivity contribution in [2.45, 2.75) is 17.7 Å². The van der Waals surface area contributed by atoms with Gasteiger partial charge in [0.05, 0.1) is 12.9 Å². The van der Waals surface area contributed by atoms with Crippen LogP contribution in [0, 0.1) is 0 Å². The summed E-state index contributed by atoms with van der Waals surface area (Å²) in [6.45, 7) is 0. The molecule has 0 aliphatic carbocycles. The van der Waals surface area contributed by atoms with Crippen LogP contribution >= 0.6 is 11.8 Å². The molecular weight excluding hydrogens is 352 g/mol. The number of thioether (sulfide) groups is 1. The second-order valence-corrected chi connectivity index (χ2v) is 6.50. The number of para-hydroxylation sites is 2. The summed E-state index contributed by atoms with van der Waals surface area (Å²) < 4.78 is 10.4. The Morgan fingerprint density at radius 3 is 2.62 bits per heavy atom. The SMILES string of the molecule is COC(=O)[C@H](Cc1ccccc1)NC(=O)CSc1nc2ccccc2o1. The van der Waals surface area contributed by atoms with Crippen molar-refractivity contribution in [2.75, 3.05) is 12.9 Å². The number of esters is 1. The van der Waals surface area contributed by atoms with Gasteiger partial charge in [-0.05, 0) is 17.7 Å². The highest BCUT2D eigenvalue weighted by atomic mass is 32.2. The molecule has 7 heteroatoms. The minimum Gasteiger partial charge on any atom is -0.467 e. The van der Waals surface area contributed by atoms with Crippen molar-refractivity contribution in [3.8, 4) is 0 Å². The van der Waals surface area contributed by atoms with E-state index in [1.165, 1.54) is 18.9 Å². The Balaban J connectivity index is 1.59. The van der Waals surface area contributed by atoms with Crippen LogP contribution < -0.4 is 5.32 Å². The molecule has 6 nitrogen and oxygen atoms in total. The fourth-order valence-corrected chi connectivity index (χ4v) is 3.11. The van der Waals surface area contributed by atoms with Crippen molar-refractivity contribution in [1.82, 2.24) is 10.3 Å². The molecule has 1 atom stereocenters. The molecule has 0 aliphatic rings. The Hall–Kier alpha value is -2.80. The lowest BCUT2D eigenvalue weighted by Gasteiger charge is -2.16. The van der Waals surface area contributed by atoms with Gasteiger partial charge in [0.25, 0.3) is 5.22 Å². The zero-order valence-corrected chi connectivity index (χ0v) is 15.0. The Kier molecular flexibility index (Phi) is 5.91. The van der Waals surface area contributed by atoms with Gasteiger partial charge in [0.1, 0.15) is 11.6 Å². The number of oxazole rings is 1. The maximum Gasteiger partial charge on any atom is 0.328 e. The van der Waals surface area contributed by atoms with Crippen LogP contribution in [0.3, 0.4) is 0 Å². The first-order chi connectivity index (χ1) is 12.7. The average molecular weight is 370 g/mol. The van der Waals surface area contributed by atoms with Gasteiger partial charge in [0.2, 0.25) is 5.91 Å². The fraction of sp³-hybridized carbons (Fsp3) is 0.211. The summed E-state index contributed by atoms with van der Waals surface area (Å²) >= 11 is 1.18. The van der Waals surface area contributed by atoms with Crippen molar-refractivity contribution in [2.24, 2.45) is 0 Å². The lowest BCUT2D eigenvalue weighted by molar-refractivity contribution is -0.144. The first-order valence-corrected chi connectivity index (χ1v) is 9.04. The molecule has 1 N–H and O–H groups in total. The summed E-state index contributed by atoms with van der Waals surface area (Å²) in [6.07, 6.45) is 0.368. The molecular formula is C19H18N2O4S. The van der Waals surface area contributed by atoms with E-state index < -0.39 is 12.0 Å². The zero-order valence-electron chi connectivity index (χ0n) is 14.2. The highest BCUT2D eigenvalue weighted by molar-refractivity contribution is 7.99. The van der Waals surface area contributed by atoms with Crippen LogP contribution in [0.2, 0.25) is 0 Å². The van der Waals surface area contributed by atoms with Gasteiger partial charge in [-0.2, -0.15) is 0 Å². The van der Waals surface area contributed by atoms with Crippen molar-refractivity contribution in [3.63, 3.8) is 0 Å². The molecule has 2 aromatic carbocycles. The van der Waals surface area contributed by atoms with Gasteiger partial charge in [-0.15, -0.1) is 0 Å². The number of methoxy groups -OCH3 is 1. The van der Waals surface area contributed by atoms with Crippen LogP contribution in [0.25, 0.3) is 11.1 Å². The number of benzene rings is 2. The number of aromatic nitrogens is 1. The van der Waals surface area contributed by atoms with Crippen LogP contribution in [0.4, 0.5) is 0 Å². The van der Waals surface area contributed by atoms with E-state index in [0.717, 1.165) is 11.1 Å². The maximum absolute atomic E-state index is 12.2. The second-order valence-electron chi connectivity index (χ2n) is 5.57. The highest BCUT2D eigenvalue weighted by Gasteiger charge is 2.22. The molecule has 3 rings (SSSR count). The van der Waals surface area contributed by atoms with Gasteiger partial charge in [0, 0.05) is 6.42 Å². The van der Waals surface area contributed by atoms with E-state index in [-0.39, 0.29) is 11.7 Å². The standard InChI is InChI=1S/C19H18N2O4S/c1-24-18(23)15(11-13-7-3-2-4-8-13)20-17(22)12-26-19-21-14-9-5-6-10-16(14)25-19/h2-10,15H,11-12H2,1H3,(H,20,22)/t15-/m0/s1. The molecule has 0 saturated heterocycles. The molecule has 134 valence electrons. The molecule has 1 amide bonds. The van der Waals surface area contributed by atoms with Crippen molar-refractivity contribution >= 4 is 34.7 Å². The number of nitrogens with zero attached hydrogens (tertiary/aromatic N) is 1. The number of carbonyl (C=O) groups excluding carboxylic acids is 2. The minimum absolute atomic E-state index is 0.0924. The van der Waals surface area contributed by atoms with Crippen molar-refractivity contribution < 1.29 is 18.7 Å². The quantitative estimate of drug-likeness (QED) is 0.509. The van der Waals surface area contributed by atoms with E-state index in [1.54, 1.807) is 0 Å². The molecule has 0 aliphatic heterocycles. The molecule has 0 unspecified atom stereocenters. The Morgan fingerprint density at radius 1 is 1.15 bits per heavy atom. The Labute approximate surface area is 154 Å². The molecule has 0 spiro atoms. The molecule has 26 heavy (non-hydrogen) atoms. The van der Waals surface area contributed by atoms with E-state index in [4.69, 9.17) is 9.15 Å². The topological polar surface area (TPSA) is 81.4 Å². The number of amides is 1. The van der Waals surface area contributed by atoms with Crippen LogP contribution in [-0.4, -0.2) is 35.8 Å². The van der Waals surface area contributed by atoms with Gasteiger partial charge >= 0.3 is 5.97 Å². The lowest BCUT2D eigenvalue weighted by Crippen LogP contribution is -2.43. The highest BCUT2D eigenvalue weighted by Crippen LogP contribution is 2.22. The normalized spacial score (nSPS) is 11.9. The number of hydrogen-bond donors (Lipinski definition) is 1. The zero-order chi connectivity index (χ0) is 18.4. The van der Waals surface area contributed by atoms with E-state index >= 15 is 0 Å². The number of fused-ring (bicyclic) bond motifs is 1. The third kappa shape index (κ3) is 4.64. The third-order valence-corrected chi connectivity index (χ3v) is 4.53. The van der Waals surface area contributed by atoms with Gasteiger partial charge in [0.15, 0.2) is 5.58 Å².